The molecule has 0 aromatic heterocycles. The van der Waals surface area contributed by atoms with Gasteiger partial charge in [0.25, 0.3) is 0 Å². The van der Waals surface area contributed by atoms with E-state index in [1.54, 1.807) is 11.1 Å². The number of fused-ring (bicyclic) bond motifs is 5. The molecule has 4 aromatic rings. The highest BCUT2D eigenvalue weighted by atomic mass is 15.1. The molecule has 0 atom stereocenters. The Morgan fingerprint density at radius 3 is 1.97 bits per heavy atom. The molecule has 1 spiro atoms. The Morgan fingerprint density at radius 2 is 1.19 bits per heavy atom. The van der Waals surface area contributed by atoms with Crippen LogP contribution in [-0.4, -0.2) is 7.05 Å². The van der Waals surface area contributed by atoms with Gasteiger partial charge in [0.05, 0.1) is 0 Å². The van der Waals surface area contributed by atoms with Gasteiger partial charge in [-0.25, -0.2) is 0 Å². The van der Waals surface area contributed by atoms with Gasteiger partial charge in [0.15, 0.2) is 0 Å². The van der Waals surface area contributed by atoms with Gasteiger partial charge in [-0.3, -0.25) is 0 Å². The average molecular weight is 416 g/mol. The second-order valence-corrected chi connectivity index (χ2v) is 9.39. The van der Waals surface area contributed by atoms with Gasteiger partial charge >= 0.3 is 0 Å². The Balaban J connectivity index is 1.38. The first-order valence-electron chi connectivity index (χ1n) is 11.9. The lowest BCUT2D eigenvalue weighted by Crippen LogP contribution is -2.28. The minimum absolute atomic E-state index is 0.207. The second kappa shape index (κ2) is 7.67. The van der Waals surface area contributed by atoms with E-state index in [-0.39, 0.29) is 5.41 Å². The molecule has 2 aliphatic carbocycles. The smallest absolute Gasteiger partial charge is 0.0411 e. The van der Waals surface area contributed by atoms with Gasteiger partial charge in [0.2, 0.25) is 0 Å². The molecule has 0 N–H and O–H groups in total. The van der Waals surface area contributed by atoms with E-state index in [9.17, 15) is 0 Å². The van der Waals surface area contributed by atoms with Crippen molar-refractivity contribution in [1.29, 1.82) is 0 Å². The van der Waals surface area contributed by atoms with Crippen LogP contribution >= 0.6 is 0 Å². The number of nitrogens with zero attached hydrogens (tertiary/aromatic N) is 1. The predicted octanol–water partition coefficient (Wildman–Crippen LogP) is 8.35. The second-order valence-electron chi connectivity index (χ2n) is 9.39. The summed E-state index contributed by atoms with van der Waals surface area (Å²) < 4.78 is 0. The van der Waals surface area contributed by atoms with Crippen molar-refractivity contribution in [3.8, 4) is 22.3 Å². The van der Waals surface area contributed by atoms with Crippen LogP contribution in [0.25, 0.3) is 22.3 Å². The van der Waals surface area contributed by atoms with Gasteiger partial charge in [-0.1, -0.05) is 92.1 Å². The monoisotopic (exact) mass is 415 g/mol. The van der Waals surface area contributed by atoms with Crippen molar-refractivity contribution in [1.82, 2.24) is 0 Å². The summed E-state index contributed by atoms with van der Waals surface area (Å²) >= 11 is 0. The average Bonchev–Trinajstić information content (AvgIpc) is 3.14. The molecule has 1 nitrogen and oxygen atoms in total. The Labute approximate surface area is 191 Å². The van der Waals surface area contributed by atoms with E-state index in [0.29, 0.717) is 0 Å². The summed E-state index contributed by atoms with van der Waals surface area (Å²) in [6.45, 7) is 0. The molecule has 0 unspecified atom stereocenters. The fraction of sp³-hybridized carbons (Fsp3) is 0.226. The van der Waals surface area contributed by atoms with Crippen LogP contribution in [0.1, 0.15) is 43.2 Å². The molecule has 32 heavy (non-hydrogen) atoms. The molecule has 1 fully saturated rings. The van der Waals surface area contributed by atoms with E-state index < -0.39 is 0 Å². The van der Waals surface area contributed by atoms with Crippen LogP contribution in [0.2, 0.25) is 0 Å². The summed E-state index contributed by atoms with van der Waals surface area (Å²) in [7, 11) is 2.19. The third-order valence-corrected chi connectivity index (χ3v) is 7.71. The molecule has 0 amide bonds. The zero-order chi connectivity index (χ0) is 21.5. The van der Waals surface area contributed by atoms with Crippen LogP contribution < -0.4 is 4.90 Å². The van der Waals surface area contributed by atoms with Crippen LogP contribution in [0.5, 0.6) is 0 Å². The summed E-state index contributed by atoms with van der Waals surface area (Å²) in [5.74, 6) is 0. The fourth-order valence-corrected chi connectivity index (χ4v) is 6.00. The highest BCUT2D eigenvalue weighted by Gasteiger charge is 2.43. The normalized spacial score (nSPS) is 15.9. The van der Waals surface area contributed by atoms with E-state index in [1.165, 1.54) is 65.7 Å². The van der Waals surface area contributed by atoms with Crippen LogP contribution in [0, 0.1) is 0 Å². The Kier molecular flexibility index (Phi) is 4.64. The minimum atomic E-state index is 0.207. The number of hydrogen-bond acceptors (Lipinski definition) is 1. The molecule has 6 rings (SSSR count). The number of anilines is 2. The summed E-state index contributed by atoms with van der Waals surface area (Å²) in [5, 5.41) is 0. The summed E-state index contributed by atoms with van der Waals surface area (Å²) in [6, 6.07) is 35.8. The molecule has 4 aromatic carbocycles. The molecule has 2 aliphatic rings. The van der Waals surface area contributed by atoms with E-state index in [0.717, 1.165) is 0 Å². The standard InChI is InChI=1S/C31H29N/c1-32(25-16-14-24(15-17-25)23-10-4-2-5-11-23)26-18-19-28-27-12-6-7-13-29(27)31(30(28)22-26)20-8-3-9-21-31/h2,4-7,10-19,22H,3,8-9,20-21H2,1H3. The quantitative estimate of drug-likeness (QED) is 0.325. The SMILES string of the molecule is CN(c1ccc(-c2ccccc2)cc1)c1ccc2c(c1)C1(CCCCC1)c1ccccc1-2. The lowest BCUT2D eigenvalue weighted by atomic mass is 9.68. The summed E-state index contributed by atoms with van der Waals surface area (Å²) in [4.78, 5) is 2.33. The zero-order valence-electron chi connectivity index (χ0n) is 18.7. The van der Waals surface area contributed by atoms with Gasteiger partial charge in [-0.2, -0.15) is 0 Å². The zero-order valence-corrected chi connectivity index (χ0v) is 18.7. The Bertz CT molecular complexity index is 1250. The molecule has 158 valence electrons. The maximum atomic E-state index is 2.48. The maximum absolute atomic E-state index is 2.48. The molecule has 0 bridgehead atoms. The number of hydrogen-bond donors (Lipinski definition) is 0. The van der Waals surface area contributed by atoms with Crippen LogP contribution in [0.15, 0.2) is 97.1 Å². The number of rotatable bonds is 3. The lowest BCUT2D eigenvalue weighted by molar-refractivity contribution is 0.353. The van der Waals surface area contributed by atoms with Crippen LogP contribution in [0.3, 0.4) is 0 Å². The third-order valence-electron chi connectivity index (χ3n) is 7.71. The third kappa shape index (κ3) is 2.99. The van der Waals surface area contributed by atoms with Gasteiger partial charge in [-0.15, -0.1) is 0 Å². The fourth-order valence-electron chi connectivity index (χ4n) is 6.00. The summed E-state index contributed by atoms with van der Waals surface area (Å²) in [6.07, 6.45) is 6.57. The molecule has 0 aliphatic heterocycles. The van der Waals surface area contributed by atoms with E-state index in [1.807, 2.05) is 0 Å². The lowest BCUT2D eigenvalue weighted by Gasteiger charge is -2.36. The molecular weight excluding hydrogens is 386 g/mol. The van der Waals surface area contributed by atoms with Crippen LogP contribution in [-0.2, 0) is 5.41 Å². The van der Waals surface area contributed by atoms with Crippen molar-refractivity contribution in [2.45, 2.75) is 37.5 Å². The van der Waals surface area contributed by atoms with Crippen molar-refractivity contribution < 1.29 is 0 Å². The summed E-state index contributed by atoms with van der Waals surface area (Å²) in [5.41, 5.74) is 11.2. The topological polar surface area (TPSA) is 3.24 Å². The Hall–Kier alpha value is -3.32. The molecule has 0 saturated heterocycles. The molecule has 0 radical (unpaired) electrons. The van der Waals surface area contributed by atoms with Crippen molar-refractivity contribution in [3.63, 3.8) is 0 Å². The molecule has 1 heteroatoms. The molecule has 1 saturated carbocycles. The molecular formula is C31H29N. The van der Waals surface area contributed by atoms with E-state index >= 15 is 0 Å². The highest BCUT2D eigenvalue weighted by Crippen LogP contribution is 2.56. The minimum Gasteiger partial charge on any atom is -0.345 e. The van der Waals surface area contributed by atoms with Crippen molar-refractivity contribution in [2.24, 2.45) is 0 Å². The Morgan fingerprint density at radius 1 is 0.562 bits per heavy atom. The highest BCUT2D eigenvalue weighted by molar-refractivity contribution is 5.83. The van der Waals surface area contributed by atoms with Gasteiger partial charge in [-0.05, 0) is 70.5 Å². The van der Waals surface area contributed by atoms with Gasteiger partial charge in [0.1, 0.15) is 0 Å². The van der Waals surface area contributed by atoms with Gasteiger partial charge < -0.3 is 4.90 Å². The first-order chi connectivity index (χ1) is 15.8. The van der Waals surface area contributed by atoms with Crippen molar-refractivity contribution >= 4 is 11.4 Å². The predicted molar refractivity (Wildman–Crippen MR) is 136 cm³/mol. The first kappa shape index (κ1) is 19.4. The maximum Gasteiger partial charge on any atom is 0.0411 e. The van der Waals surface area contributed by atoms with Gasteiger partial charge in [0, 0.05) is 23.8 Å². The van der Waals surface area contributed by atoms with Crippen LogP contribution in [0.4, 0.5) is 11.4 Å². The van der Waals surface area contributed by atoms with Crippen molar-refractivity contribution in [3.05, 3.63) is 108 Å². The van der Waals surface area contributed by atoms with E-state index in [2.05, 4.69) is 109 Å². The number of benzene rings is 4. The van der Waals surface area contributed by atoms with E-state index in [4.69, 9.17) is 0 Å². The first-order valence-corrected chi connectivity index (χ1v) is 11.9. The largest absolute Gasteiger partial charge is 0.345 e. The molecule has 0 heterocycles. The van der Waals surface area contributed by atoms with Crippen molar-refractivity contribution in [2.75, 3.05) is 11.9 Å².